The van der Waals surface area contributed by atoms with E-state index in [4.69, 9.17) is 4.74 Å². The standard InChI is InChI=1S/C30H29N3O3/c1-22(24-12-6-3-7-13-24)32-30(35)25-14-8-15-26(18-25)31-20-29(34)33-27-16-9-17-28(19-27)36-21-23-10-4-2-5-11-23/h2-19,22,31H,20-21H2,1H3,(H,32,35)(H,33,34). The van der Waals surface area contributed by atoms with E-state index in [-0.39, 0.29) is 24.4 Å². The summed E-state index contributed by atoms with van der Waals surface area (Å²) in [6.07, 6.45) is 0. The molecule has 0 heterocycles. The topological polar surface area (TPSA) is 79.5 Å². The highest BCUT2D eigenvalue weighted by molar-refractivity contribution is 5.96. The van der Waals surface area contributed by atoms with Crippen LogP contribution in [-0.4, -0.2) is 18.4 Å². The normalized spacial score (nSPS) is 11.2. The van der Waals surface area contributed by atoms with E-state index in [9.17, 15) is 9.59 Å². The van der Waals surface area contributed by atoms with Crippen LogP contribution >= 0.6 is 0 Å². The molecule has 0 aromatic heterocycles. The predicted molar refractivity (Wildman–Crippen MR) is 143 cm³/mol. The number of ether oxygens (including phenoxy) is 1. The van der Waals surface area contributed by atoms with E-state index in [1.807, 2.05) is 91.9 Å². The predicted octanol–water partition coefficient (Wildman–Crippen LogP) is 5.81. The third kappa shape index (κ3) is 7.21. The molecule has 0 fully saturated rings. The summed E-state index contributed by atoms with van der Waals surface area (Å²) in [7, 11) is 0. The van der Waals surface area contributed by atoms with Gasteiger partial charge in [-0.15, -0.1) is 0 Å². The van der Waals surface area contributed by atoms with Crippen LogP contribution in [-0.2, 0) is 11.4 Å². The molecule has 4 rings (SSSR count). The third-order valence-electron chi connectivity index (χ3n) is 5.59. The van der Waals surface area contributed by atoms with Gasteiger partial charge in [-0.1, -0.05) is 72.8 Å². The summed E-state index contributed by atoms with van der Waals surface area (Å²) in [4.78, 5) is 25.2. The first kappa shape index (κ1) is 24.5. The smallest absolute Gasteiger partial charge is 0.251 e. The largest absolute Gasteiger partial charge is 0.489 e. The Balaban J connectivity index is 1.28. The maximum Gasteiger partial charge on any atom is 0.251 e. The SMILES string of the molecule is CC(NC(=O)c1cccc(NCC(=O)Nc2cccc(OCc3ccccc3)c2)c1)c1ccccc1. The van der Waals surface area contributed by atoms with Gasteiger partial charge < -0.3 is 20.7 Å². The summed E-state index contributed by atoms with van der Waals surface area (Å²) in [5.41, 5.74) is 3.96. The Morgan fingerprint density at radius 3 is 2.25 bits per heavy atom. The minimum absolute atomic E-state index is 0.0561. The van der Waals surface area contributed by atoms with Gasteiger partial charge in [0.1, 0.15) is 12.4 Å². The molecule has 0 spiro atoms. The number of carbonyl (C=O) groups excluding carboxylic acids is 2. The van der Waals surface area contributed by atoms with Crippen LogP contribution in [0.15, 0.2) is 109 Å². The van der Waals surface area contributed by atoms with Crippen molar-refractivity contribution in [3.8, 4) is 5.75 Å². The number of carbonyl (C=O) groups is 2. The van der Waals surface area contributed by atoms with Crippen molar-refractivity contribution in [3.63, 3.8) is 0 Å². The van der Waals surface area contributed by atoms with Crippen molar-refractivity contribution in [2.24, 2.45) is 0 Å². The fourth-order valence-electron chi connectivity index (χ4n) is 3.67. The molecular formula is C30H29N3O3. The molecule has 3 N–H and O–H groups in total. The van der Waals surface area contributed by atoms with Crippen LogP contribution in [0.25, 0.3) is 0 Å². The highest BCUT2D eigenvalue weighted by Crippen LogP contribution is 2.19. The highest BCUT2D eigenvalue weighted by Gasteiger charge is 2.12. The third-order valence-corrected chi connectivity index (χ3v) is 5.59. The zero-order valence-electron chi connectivity index (χ0n) is 20.1. The van der Waals surface area contributed by atoms with Gasteiger partial charge in [0.25, 0.3) is 5.91 Å². The van der Waals surface area contributed by atoms with Gasteiger partial charge >= 0.3 is 0 Å². The molecule has 0 radical (unpaired) electrons. The molecule has 2 amide bonds. The molecule has 36 heavy (non-hydrogen) atoms. The van der Waals surface area contributed by atoms with E-state index in [0.717, 1.165) is 11.1 Å². The lowest BCUT2D eigenvalue weighted by atomic mass is 10.1. The fraction of sp³-hybridized carbons (Fsp3) is 0.133. The first-order chi connectivity index (χ1) is 17.6. The first-order valence-corrected chi connectivity index (χ1v) is 11.8. The second-order valence-corrected chi connectivity index (χ2v) is 8.39. The molecule has 6 heteroatoms. The summed E-state index contributed by atoms with van der Waals surface area (Å²) in [5.74, 6) is 0.294. The van der Waals surface area contributed by atoms with Crippen molar-refractivity contribution in [3.05, 3.63) is 126 Å². The van der Waals surface area contributed by atoms with Crippen LogP contribution < -0.4 is 20.7 Å². The second-order valence-electron chi connectivity index (χ2n) is 8.39. The van der Waals surface area contributed by atoms with Crippen LogP contribution in [0.5, 0.6) is 5.75 Å². The quantitative estimate of drug-likeness (QED) is 0.268. The Hall–Kier alpha value is -4.58. The molecule has 0 saturated carbocycles. The lowest BCUT2D eigenvalue weighted by Crippen LogP contribution is -2.26. The molecule has 0 aliphatic heterocycles. The average molecular weight is 480 g/mol. The lowest BCUT2D eigenvalue weighted by Gasteiger charge is -2.15. The summed E-state index contributed by atoms with van der Waals surface area (Å²) < 4.78 is 5.83. The van der Waals surface area contributed by atoms with Crippen molar-refractivity contribution in [2.45, 2.75) is 19.6 Å². The molecule has 1 atom stereocenters. The summed E-state index contributed by atoms with van der Waals surface area (Å²) in [6.45, 7) is 2.45. The minimum atomic E-state index is -0.206. The monoisotopic (exact) mass is 479 g/mol. The molecule has 0 saturated heterocycles. The van der Waals surface area contributed by atoms with Crippen molar-refractivity contribution in [2.75, 3.05) is 17.2 Å². The van der Waals surface area contributed by atoms with E-state index in [1.165, 1.54) is 0 Å². The number of anilines is 2. The van der Waals surface area contributed by atoms with E-state index in [1.54, 1.807) is 24.3 Å². The van der Waals surface area contributed by atoms with E-state index in [2.05, 4.69) is 16.0 Å². The molecule has 4 aromatic rings. The molecule has 4 aromatic carbocycles. The maximum atomic E-state index is 12.7. The Kier molecular flexibility index (Phi) is 8.33. The van der Waals surface area contributed by atoms with E-state index in [0.29, 0.717) is 29.3 Å². The van der Waals surface area contributed by atoms with E-state index < -0.39 is 0 Å². The average Bonchev–Trinajstić information content (AvgIpc) is 2.92. The summed E-state index contributed by atoms with van der Waals surface area (Å²) >= 11 is 0. The van der Waals surface area contributed by atoms with E-state index >= 15 is 0 Å². The van der Waals surface area contributed by atoms with Gasteiger partial charge in [-0.05, 0) is 48.4 Å². The minimum Gasteiger partial charge on any atom is -0.489 e. The van der Waals surface area contributed by atoms with Gasteiger partial charge in [-0.3, -0.25) is 9.59 Å². The zero-order chi connectivity index (χ0) is 25.2. The molecule has 6 nitrogen and oxygen atoms in total. The maximum absolute atomic E-state index is 12.7. The van der Waals surface area contributed by atoms with Crippen molar-refractivity contribution in [1.29, 1.82) is 0 Å². The number of hydrogen-bond acceptors (Lipinski definition) is 4. The first-order valence-electron chi connectivity index (χ1n) is 11.8. The molecule has 0 bridgehead atoms. The van der Waals surface area contributed by atoms with Crippen LogP contribution in [0.4, 0.5) is 11.4 Å². The van der Waals surface area contributed by atoms with Crippen LogP contribution in [0.3, 0.4) is 0 Å². The Labute approximate surface area is 211 Å². The molecule has 0 aliphatic carbocycles. The summed E-state index contributed by atoms with van der Waals surface area (Å²) in [6, 6.07) is 34.0. The second kappa shape index (κ2) is 12.2. The summed E-state index contributed by atoms with van der Waals surface area (Å²) in [5, 5.41) is 8.96. The number of nitrogens with one attached hydrogen (secondary N) is 3. The van der Waals surface area contributed by atoms with Crippen molar-refractivity contribution >= 4 is 23.2 Å². The molecule has 1 unspecified atom stereocenters. The Morgan fingerprint density at radius 2 is 1.47 bits per heavy atom. The number of benzene rings is 4. The van der Waals surface area contributed by atoms with Crippen molar-refractivity contribution in [1.82, 2.24) is 5.32 Å². The fourth-order valence-corrected chi connectivity index (χ4v) is 3.67. The Morgan fingerprint density at radius 1 is 0.778 bits per heavy atom. The van der Waals surface area contributed by atoms with Gasteiger partial charge in [0.05, 0.1) is 12.6 Å². The number of amides is 2. The molecule has 0 aliphatic rings. The van der Waals surface area contributed by atoms with Gasteiger partial charge in [-0.25, -0.2) is 0 Å². The van der Waals surface area contributed by atoms with Gasteiger partial charge in [0.2, 0.25) is 5.91 Å². The van der Waals surface area contributed by atoms with Crippen LogP contribution in [0, 0.1) is 0 Å². The molecule has 182 valence electrons. The lowest BCUT2D eigenvalue weighted by molar-refractivity contribution is -0.114. The zero-order valence-corrected chi connectivity index (χ0v) is 20.1. The van der Waals surface area contributed by atoms with Crippen LogP contribution in [0.2, 0.25) is 0 Å². The van der Waals surface area contributed by atoms with Gasteiger partial charge in [0, 0.05) is 23.0 Å². The van der Waals surface area contributed by atoms with Gasteiger partial charge in [-0.2, -0.15) is 0 Å². The Bertz CT molecular complexity index is 1290. The van der Waals surface area contributed by atoms with Gasteiger partial charge in [0.15, 0.2) is 0 Å². The number of hydrogen-bond donors (Lipinski definition) is 3. The van der Waals surface area contributed by atoms with Crippen molar-refractivity contribution < 1.29 is 14.3 Å². The molecular weight excluding hydrogens is 450 g/mol. The number of rotatable bonds is 10. The highest BCUT2D eigenvalue weighted by atomic mass is 16.5. The van der Waals surface area contributed by atoms with Crippen LogP contribution in [0.1, 0.15) is 34.5 Å².